The van der Waals surface area contributed by atoms with Gasteiger partial charge in [0.1, 0.15) is 11.5 Å². The van der Waals surface area contributed by atoms with E-state index >= 15 is 0 Å². The number of carbonyl (C=O) groups is 2. The summed E-state index contributed by atoms with van der Waals surface area (Å²) >= 11 is 13.1. The number of aliphatic hydroxyl groups is 1. The van der Waals surface area contributed by atoms with Crippen LogP contribution in [0.25, 0.3) is 0 Å². The predicted molar refractivity (Wildman–Crippen MR) is 106 cm³/mol. The van der Waals surface area contributed by atoms with E-state index < -0.39 is 24.5 Å². The first-order chi connectivity index (χ1) is 11.8. The normalized spacial score (nSPS) is 11.7. The molecule has 2 aromatic rings. The van der Waals surface area contributed by atoms with Crippen LogP contribution in [0.4, 0.5) is 0 Å². The molecule has 2 aromatic carbocycles. The molecule has 0 aliphatic heterocycles. The number of rotatable bonds is 5. The fourth-order valence-electron chi connectivity index (χ4n) is 1.71. The van der Waals surface area contributed by atoms with Crippen LogP contribution in [0.1, 0.15) is 6.42 Å². The molecule has 0 aliphatic carbocycles. The van der Waals surface area contributed by atoms with Gasteiger partial charge in [-0.25, -0.2) is 4.79 Å². The van der Waals surface area contributed by atoms with Crippen LogP contribution in [-0.4, -0.2) is 23.1 Å². The minimum absolute atomic E-state index is 0.224. The average Bonchev–Trinajstić information content (AvgIpc) is 2.56. The van der Waals surface area contributed by atoms with Crippen LogP contribution >= 0.6 is 63.7 Å². The zero-order valence-corrected chi connectivity index (χ0v) is 18.7. The second-order valence-corrected chi connectivity index (χ2v) is 8.01. The zero-order chi connectivity index (χ0) is 18.6. The summed E-state index contributed by atoms with van der Waals surface area (Å²) < 4.78 is 12.7. The van der Waals surface area contributed by atoms with Gasteiger partial charge >= 0.3 is 11.9 Å². The molecule has 0 spiro atoms. The maximum Gasteiger partial charge on any atom is 0.341 e. The molecule has 0 saturated carbocycles. The highest BCUT2D eigenvalue weighted by Crippen LogP contribution is 2.33. The van der Waals surface area contributed by atoms with Gasteiger partial charge in [-0.05, 0) is 88.0 Å². The van der Waals surface area contributed by atoms with Crippen LogP contribution in [0, 0.1) is 0 Å². The van der Waals surface area contributed by atoms with Gasteiger partial charge in [-0.15, -0.1) is 0 Å². The maximum absolute atomic E-state index is 12.0. The van der Waals surface area contributed by atoms with Crippen molar-refractivity contribution in [1.29, 1.82) is 0 Å². The Labute approximate surface area is 177 Å². The Morgan fingerprint density at radius 3 is 1.88 bits per heavy atom. The molecule has 0 aromatic heterocycles. The second-order valence-electron chi connectivity index (χ2n) is 4.72. The Hall–Kier alpha value is -0.740. The van der Waals surface area contributed by atoms with E-state index in [0.717, 1.165) is 0 Å². The van der Waals surface area contributed by atoms with E-state index in [2.05, 4.69) is 63.7 Å². The summed E-state index contributed by atoms with van der Waals surface area (Å²) in [4.78, 5) is 23.9. The van der Waals surface area contributed by atoms with Crippen LogP contribution in [0.15, 0.2) is 54.3 Å². The molecule has 0 saturated heterocycles. The van der Waals surface area contributed by atoms with Crippen molar-refractivity contribution in [1.82, 2.24) is 0 Å². The molecular weight excluding hydrogens is 592 g/mol. The van der Waals surface area contributed by atoms with Gasteiger partial charge in [-0.1, -0.05) is 12.1 Å². The van der Waals surface area contributed by atoms with Gasteiger partial charge in [0.15, 0.2) is 6.10 Å². The van der Waals surface area contributed by atoms with Crippen molar-refractivity contribution < 1.29 is 24.2 Å². The lowest BCUT2D eigenvalue weighted by molar-refractivity contribution is -0.149. The Morgan fingerprint density at radius 2 is 1.36 bits per heavy atom. The maximum atomic E-state index is 12.0. The summed E-state index contributed by atoms with van der Waals surface area (Å²) in [5.41, 5.74) is 0. The van der Waals surface area contributed by atoms with Crippen LogP contribution < -0.4 is 9.47 Å². The summed E-state index contributed by atoms with van der Waals surface area (Å²) in [7, 11) is 0. The number of esters is 2. The highest BCUT2D eigenvalue weighted by atomic mass is 79.9. The molecule has 2 rings (SSSR count). The smallest absolute Gasteiger partial charge is 0.341 e. The van der Waals surface area contributed by atoms with Crippen LogP contribution in [0.3, 0.4) is 0 Å². The van der Waals surface area contributed by atoms with Gasteiger partial charge in [-0.3, -0.25) is 4.79 Å². The molecule has 0 bridgehead atoms. The third-order valence-corrected chi connectivity index (χ3v) is 6.92. The van der Waals surface area contributed by atoms with Crippen molar-refractivity contribution in [2.45, 2.75) is 12.5 Å². The van der Waals surface area contributed by atoms with E-state index in [-0.39, 0.29) is 11.5 Å². The monoisotopic (exact) mass is 598 g/mol. The molecule has 1 unspecified atom stereocenters. The first kappa shape index (κ1) is 20.6. The van der Waals surface area contributed by atoms with Gasteiger partial charge in [0, 0.05) is 8.95 Å². The van der Waals surface area contributed by atoms with E-state index in [1.54, 1.807) is 36.4 Å². The lowest BCUT2D eigenvalue weighted by atomic mass is 10.2. The minimum Gasteiger partial charge on any atom is -0.425 e. The van der Waals surface area contributed by atoms with E-state index in [1.165, 1.54) is 0 Å². The van der Waals surface area contributed by atoms with E-state index in [9.17, 15) is 14.7 Å². The van der Waals surface area contributed by atoms with E-state index in [0.29, 0.717) is 17.9 Å². The van der Waals surface area contributed by atoms with Gasteiger partial charge in [0.05, 0.1) is 15.4 Å². The molecule has 0 aliphatic rings. The summed E-state index contributed by atoms with van der Waals surface area (Å²) in [6.45, 7) is 0. The number of hydrogen-bond acceptors (Lipinski definition) is 5. The van der Waals surface area contributed by atoms with Crippen molar-refractivity contribution in [3.63, 3.8) is 0 Å². The fraction of sp³-hybridized carbons (Fsp3) is 0.125. The van der Waals surface area contributed by atoms with Gasteiger partial charge in [0.2, 0.25) is 0 Å². The average molecular weight is 602 g/mol. The number of carbonyl (C=O) groups excluding carboxylic acids is 2. The van der Waals surface area contributed by atoms with Crippen LogP contribution in [0.5, 0.6) is 11.5 Å². The first-order valence-corrected chi connectivity index (χ1v) is 9.95. The third-order valence-electron chi connectivity index (χ3n) is 2.90. The number of halogens is 4. The van der Waals surface area contributed by atoms with Gasteiger partial charge in [-0.2, -0.15) is 0 Å². The minimum atomic E-state index is -1.65. The number of hydrogen-bond donors (Lipinski definition) is 1. The Kier molecular flexibility index (Phi) is 7.63. The largest absolute Gasteiger partial charge is 0.425 e. The first-order valence-electron chi connectivity index (χ1n) is 6.78. The molecule has 0 heterocycles. The summed E-state index contributed by atoms with van der Waals surface area (Å²) in [6.07, 6.45) is -2.19. The molecule has 1 atom stereocenters. The molecule has 0 fully saturated rings. The van der Waals surface area contributed by atoms with Crippen molar-refractivity contribution in [2.24, 2.45) is 0 Å². The van der Waals surface area contributed by atoms with Crippen LogP contribution in [0.2, 0.25) is 0 Å². The number of benzene rings is 2. The third kappa shape index (κ3) is 5.62. The highest BCUT2D eigenvalue weighted by Gasteiger charge is 2.24. The zero-order valence-electron chi connectivity index (χ0n) is 12.3. The number of aliphatic hydroxyl groups excluding tert-OH is 1. The lowest BCUT2D eigenvalue weighted by Crippen LogP contribution is -2.29. The fourth-order valence-corrected chi connectivity index (χ4v) is 3.09. The Balaban J connectivity index is 1.97. The second kappa shape index (κ2) is 9.27. The molecule has 132 valence electrons. The molecule has 9 heteroatoms. The van der Waals surface area contributed by atoms with Crippen molar-refractivity contribution in [3.8, 4) is 11.5 Å². The van der Waals surface area contributed by atoms with E-state index in [1.807, 2.05) is 0 Å². The summed E-state index contributed by atoms with van der Waals surface area (Å²) in [6, 6.07) is 10.0. The highest BCUT2D eigenvalue weighted by molar-refractivity contribution is 9.13. The molecular formula is C16H10Br4O5. The van der Waals surface area contributed by atoms with Gasteiger partial charge < -0.3 is 14.6 Å². The molecule has 5 nitrogen and oxygen atoms in total. The van der Waals surface area contributed by atoms with E-state index in [4.69, 9.17) is 9.47 Å². The molecule has 0 radical (unpaired) electrons. The van der Waals surface area contributed by atoms with Crippen molar-refractivity contribution >= 4 is 75.7 Å². The van der Waals surface area contributed by atoms with Crippen molar-refractivity contribution in [3.05, 3.63) is 54.3 Å². The summed E-state index contributed by atoms with van der Waals surface area (Å²) in [5, 5.41) is 9.89. The standard InChI is InChI=1S/C16H10Br4O5/c17-8-3-1-5-11(14(8)19)24-13(22)7-10(21)16(23)25-12-6-2-4-9(18)15(12)20/h1-6,10,21H,7H2. The Morgan fingerprint density at radius 1 is 0.880 bits per heavy atom. The summed E-state index contributed by atoms with van der Waals surface area (Å²) in [5.74, 6) is -1.23. The Bertz CT molecular complexity index is 809. The SMILES string of the molecule is O=C(CC(O)C(=O)Oc1cccc(Br)c1Br)Oc1cccc(Br)c1Br. The van der Waals surface area contributed by atoms with Crippen molar-refractivity contribution in [2.75, 3.05) is 0 Å². The quantitative estimate of drug-likeness (QED) is 0.386. The molecule has 0 amide bonds. The molecule has 1 N–H and O–H groups in total. The lowest BCUT2D eigenvalue weighted by Gasteiger charge is -2.12. The number of ether oxygens (including phenoxy) is 2. The topological polar surface area (TPSA) is 72.8 Å². The molecule has 25 heavy (non-hydrogen) atoms. The van der Waals surface area contributed by atoms with Gasteiger partial charge in [0.25, 0.3) is 0 Å². The predicted octanol–water partition coefficient (Wildman–Crippen LogP) is 5.00. The van der Waals surface area contributed by atoms with Crippen LogP contribution in [-0.2, 0) is 9.59 Å².